The van der Waals surface area contributed by atoms with Crippen LogP contribution in [0.1, 0.15) is 16.7 Å². The van der Waals surface area contributed by atoms with Gasteiger partial charge in [0, 0.05) is 18.8 Å². The number of carbonyl (C=O) groups is 1. The van der Waals surface area contributed by atoms with E-state index in [9.17, 15) is 4.79 Å². The highest BCUT2D eigenvalue weighted by Crippen LogP contribution is 2.18. The van der Waals surface area contributed by atoms with E-state index in [4.69, 9.17) is 0 Å². The van der Waals surface area contributed by atoms with Gasteiger partial charge in [-0.15, -0.1) is 0 Å². The minimum atomic E-state index is 0.158. The molecule has 0 aliphatic carbocycles. The molecule has 0 bridgehead atoms. The predicted molar refractivity (Wildman–Crippen MR) is 85.2 cm³/mol. The number of nitrogens with zero attached hydrogens (tertiary/aromatic N) is 1. The van der Waals surface area contributed by atoms with Crippen molar-refractivity contribution < 1.29 is 4.79 Å². The summed E-state index contributed by atoms with van der Waals surface area (Å²) < 4.78 is 0. The molecule has 3 heteroatoms. The van der Waals surface area contributed by atoms with Crippen molar-refractivity contribution in [3.8, 4) is 0 Å². The zero-order chi connectivity index (χ0) is 14.7. The molecule has 3 nitrogen and oxygen atoms in total. The molecule has 0 fully saturated rings. The van der Waals surface area contributed by atoms with Crippen molar-refractivity contribution in [3.63, 3.8) is 0 Å². The summed E-state index contributed by atoms with van der Waals surface area (Å²) >= 11 is 0. The molecule has 0 aromatic heterocycles. The SMILES string of the molecule is Cc1cccc(NCC(=O)N2CCc3ccccc3C2)c1. The Morgan fingerprint density at radius 3 is 2.76 bits per heavy atom. The van der Waals surface area contributed by atoms with Crippen LogP contribution in [0.3, 0.4) is 0 Å². The number of hydrogen-bond donors (Lipinski definition) is 1. The van der Waals surface area contributed by atoms with Crippen molar-refractivity contribution in [1.29, 1.82) is 0 Å². The molecule has 0 saturated heterocycles. The zero-order valence-electron chi connectivity index (χ0n) is 12.3. The Bertz CT molecular complexity index is 651. The van der Waals surface area contributed by atoms with Crippen LogP contribution >= 0.6 is 0 Å². The topological polar surface area (TPSA) is 32.3 Å². The van der Waals surface area contributed by atoms with Crippen molar-refractivity contribution in [3.05, 3.63) is 65.2 Å². The van der Waals surface area contributed by atoms with Gasteiger partial charge in [-0.1, -0.05) is 36.4 Å². The van der Waals surface area contributed by atoms with Crippen LogP contribution in [0.5, 0.6) is 0 Å². The standard InChI is InChI=1S/C18H20N2O/c1-14-5-4-8-17(11-14)19-12-18(21)20-10-9-15-6-2-3-7-16(15)13-20/h2-8,11,19H,9-10,12-13H2,1H3. The first-order valence-corrected chi connectivity index (χ1v) is 7.37. The lowest BCUT2D eigenvalue weighted by Gasteiger charge is -2.29. The molecule has 0 atom stereocenters. The summed E-state index contributed by atoms with van der Waals surface area (Å²) in [4.78, 5) is 14.3. The molecule has 1 heterocycles. The molecular weight excluding hydrogens is 260 g/mol. The molecule has 1 N–H and O–H groups in total. The highest BCUT2D eigenvalue weighted by Gasteiger charge is 2.19. The third kappa shape index (κ3) is 3.24. The number of benzene rings is 2. The molecule has 1 aliphatic rings. The number of hydrogen-bond acceptors (Lipinski definition) is 2. The summed E-state index contributed by atoms with van der Waals surface area (Å²) in [5.74, 6) is 0.158. The van der Waals surface area contributed by atoms with Gasteiger partial charge in [0.05, 0.1) is 6.54 Å². The van der Waals surface area contributed by atoms with Crippen LogP contribution in [0.25, 0.3) is 0 Å². The van der Waals surface area contributed by atoms with Gasteiger partial charge in [-0.05, 0) is 42.2 Å². The minimum Gasteiger partial charge on any atom is -0.376 e. The van der Waals surface area contributed by atoms with Crippen LogP contribution < -0.4 is 5.32 Å². The van der Waals surface area contributed by atoms with Crippen LogP contribution in [-0.2, 0) is 17.8 Å². The van der Waals surface area contributed by atoms with Gasteiger partial charge in [-0.3, -0.25) is 4.79 Å². The largest absolute Gasteiger partial charge is 0.376 e. The molecular formula is C18H20N2O. The first-order chi connectivity index (χ1) is 10.2. The first kappa shape index (κ1) is 13.7. The van der Waals surface area contributed by atoms with Crippen molar-refractivity contribution in [2.24, 2.45) is 0 Å². The third-order valence-corrected chi connectivity index (χ3v) is 3.95. The molecule has 3 rings (SSSR count). The van der Waals surface area contributed by atoms with E-state index in [0.717, 1.165) is 25.2 Å². The Balaban J connectivity index is 1.59. The van der Waals surface area contributed by atoms with E-state index in [0.29, 0.717) is 6.54 Å². The Morgan fingerprint density at radius 2 is 1.95 bits per heavy atom. The fraction of sp³-hybridized carbons (Fsp3) is 0.278. The van der Waals surface area contributed by atoms with E-state index in [1.165, 1.54) is 16.7 Å². The highest BCUT2D eigenvalue weighted by molar-refractivity contribution is 5.81. The highest BCUT2D eigenvalue weighted by atomic mass is 16.2. The van der Waals surface area contributed by atoms with Gasteiger partial charge in [0.25, 0.3) is 0 Å². The van der Waals surface area contributed by atoms with E-state index in [2.05, 4.69) is 42.6 Å². The van der Waals surface area contributed by atoms with Crippen LogP contribution in [0.15, 0.2) is 48.5 Å². The second-order valence-corrected chi connectivity index (χ2v) is 5.56. The summed E-state index contributed by atoms with van der Waals surface area (Å²) in [5, 5.41) is 3.22. The van der Waals surface area contributed by atoms with Gasteiger partial charge in [-0.25, -0.2) is 0 Å². The van der Waals surface area contributed by atoms with E-state index >= 15 is 0 Å². The van der Waals surface area contributed by atoms with E-state index in [1.54, 1.807) is 0 Å². The van der Waals surface area contributed by atoms with Gasteiger partial charge in [0.2, 0.25) is 5.91 Å². The maximum atomic E-state index is 12.3. The monoisotopic (exact) mass is 280 g/mol. The number of carbonyl (C=O) groups excluding carboxylic acids is 1. The van der Waals surface area contributed by atoms with Crippen LogP contribution in [0.2, 0.25) is 0 Å². The van der Waals surface area contributed by atoms with Gasteiger partial charge < -0.3 is 10.2 Å². The molecule has 1 amide bonds. The molecule has 2 aromatic rings. The van der Waals surface area contributed by atoms with Gasteiger partial charge >= 0.3 is 0 Å². The molecule has 21 heavy (non-hydrogen) atoms. The van der Waals surface area contributed by atoms with Crippen molar-refractivity contribution in [2.75, 3.05) is 18.4 Å². The predicted octanol–water partition coefficient (Wildman–Crippen LogP) is 2.99. The summed E-state index contributed by atoms with van der Waals surface area (Å²) in [6, 6.07) is 16.5. The van der Waals surface area contributed by atoms with Crippen LogP contribution in [0, 0.1) is 6.92 Å². The Hall–Kier alpha value is -2.29. The Labute approximate surface area is 125 Å². The van der Waals surface area contributed by atoms with Gasteiger partial charge in [-0.2, -0.15) is 0 Å². The summed E-state index contributed by atoms with van der Waals surface area (Å²) in [6.45, 7) is 3.94. The number of amides is 1. The molecule has 0 radical (unpaired) electrons. The fourth-order valence-corrected chi connectivity index (χ4v) is 2.75. The first-order valence-electron chi connectivity index (χ1n) is 7.37. The molecule has 1 aliphatic heterocycles. The van der Waals surface area contributed by atoms with Crippen molar-refractivity contribution >= 4 is 11.6 Å². The van der Waals surface area contributed by atoms with Gasteiger partial charge in [0.1, 0.15) is 0 Å². The average molecular weight is 280 g/mol. The second-order valence-electron chi connectivity index (χ2n) is 5.56. The Kier molecular flexibility index (Phi) is 3.91. The summed E-state index contributed by atoms with van der Waals surface area (Å²) in [5.41, 5.74) is 4.83. The molecule has 0 unspecified atom stereocenters. The fourth-order valence-electron chi connectivity index (χ4n) is 2.75. The quantitative estimate of drug-likeness (QED) is 0.937. The number of rotatable bonds is 3. The zero-order valence-corrected chi connectivity index (χ0v) is 12.3. The normalized spacial score (nSPS) is 13.7. The third-order valence-electron chi connectivity index (χ3n) is 3.95. The maximum absolute atomic E-state index is 12.3. The van der Waals surface area contributed by atoms with Crippen molar-refractivity contribution in [1.82, 2.24) is 4.90 Å². The lowest BCUT2D eigenvalue weighted by atomic mass is 10.00. The number of aryl methyl sites for hydroxylation is 1. The van der Waals surface area contributed by atoms with Crippen LogP contribution in [-0.4, -0.2) is 23.9 Å². The van der Waals surface area contributed by atoms with Crippen LogP contribution in [0.4, 0.5) is 5.69 Å². The minimum absolute atomic E-state index is 0.158. The average Bonchev–Trinajstić information content (AvgIpc) is 2.52. The second kappa shape index (κ2) is 6.00. The number of nitrogens with one attached hydrogen (secondary N) is 1. The Morgan fingerprint density at radius 1 is 1.14 bits per heavy atom. The van der Waals surface area contributed by atoms with Gasteiger partial charge in [0.15, 0.2) is 0 Å². The lowest BCUT2D eigenvalue weighted by molar-refractivity contribution is -0.130. The molecule has 0 saturated carbocycles. The summed E-state index contributed by atoms with van der Waals surface area (Å²) in [7, 11) is 0. The number of fused-ring (bicyclic) bond motifs is 1. The number of anilines is 1. The van der Waals surface area contributed by atoms with E-state index in [1.807, 2.05) is 23.1 Å². The maximum Gasteiger partial charge on any atom is 0.242 e. The van der Waals surface area contributed by atoms with E-state index < -0.39 is 0 Å². The smallest absolute Gasteiger partial charge is 0.242 e. The van der Waals surface area contributed by atoms with Crippen molar-refractivity contribution in [2.45, 2.75) is 19.9 Å². The van der Waals surface area contributed by atoms with E-state index in [-0.39, 0.29) is 5.91 Å². The summed E-state index contributed by atoms with van der Waals surface area (Å²) in [6.07, 6.45) is 0.951. The molecule has 2 aromatic carbocycles. The molecule has 108 valence electrons. The lowest BCUT2D eigenvalue weighted by Crippen LogP contribution is -2.39. The molecule has 0 spiro atoms.